The average Bonchev–Trinajstić information content (AvgIpc) is 2.94. The number of rotatable bonds is 2. The van der Waals surface area contributed by atoms with Crippen LogP contribution < -0.4 is 5.32 Å². The minimum absolute atomic E-state index is 0.145. The lowest BCUT2D eigenvalue weighted by molar-refractivity contribution is -0.233. The highest BCUT2D eigenvalue weighted by Crippen LogP contribution is 2.40. The van der Waals surface area contributed by atoms with Gasteiger partial charge in [0.25, 0.3) is 5.17 Å². The van der Waals surface area contributed by atoms with Crippen molar-refractivity contribution in [3.8, 4) is 0 Å². The molecule has 0 aromatic rings. The van der Waals surface area contributed by atoms with Crippen LogP contribution in [0.4, 0.5) is 0 Å². The van der Waals surface area contributed by atoms with Gasteiger partial charge in [0, 0.05) is 6.92 Å². The van der Waals surface area contributed by atoms with Crippen LogP contribution in [-0.2, 0) is 28.5 Å². The molecule has 0 spiro atoms. The van der Waals surface area contributed by atoms with Crippen LogP contribution in [-0.4, -0.2) is 54.2 Å². The number of hydrogen-bond acceptors (Lipinski definition) is 7. The third-order valence-corrected chi connectivity index (χ3v) is 3.66. The molecule has 8 heteroatoms. The number of esters is 1. The first-order valence-corrected chi connectivity index (χ1v) is 6.88. The van der Waals surface area contributed by atoms with Gasteiger partial charge in [-0.25, -0.2) is 0 Å². The molecule has 3 rings (SSSR count). The van der Waals surface area contributed by atoms with Crippen molar-refractivity contribution in [2.45, 2.75) is 57.2 Å². The Morgan fingerprint density at radius 2 is 2.05 bits per heavy atom. The van der Waals surface area contributed by atoms with E-state index < -0.39 is 24.2 Å². The number of carbonyl (C=O) groups is 1. The molecule has 0 saturated carbocycles. The molecule has 3 saturated heterocycles. The first-order chi connectivity index (χ1) is 9.35. The number of nitrogens with one attached hydrogen (secondary N) is 1. The molecule has 0 radical (unpaired) electrons. The zero-order chi connectivity index (χ0) is 14.5. The fourth-order valence-electron chi connectivity index (χ4n) is 2.75. The summed E-state index contributed by atoms with van der Waals surface area (Å²) >= 11 is 4.95. The zero-order valence-electron chi connectivity index (χ0n) is 11.5. The maximum absolute atomic E-state index is 11.2. The largest absolute Gasteiger partial charge is 0.469 e. The lowest BCUT2D eigenvalue weighted by Crippen LogP contribution is -2.45. The van der Waals surface area contributed by atoms with Crippen LogP contribution in [0.2, 0.25) is 0 Å². The molecule has 5 atom stereocenters. The molecule has 1 N–H and O–H groups in total. The van der Waals surface area contributed by atoms with E-state index in [-0.39, 0.29) is 18.2 Å². The van der Waals surface area contributed by atoms with E-state index in [2.05, 4.69) is 5.32 Å². The molecule has 0 unspecified atom stereocenters. The Hall–Kier alpha value is -0.960. The smallest absolute Gasteiger partial charge is 0.305 e. The van der Waals surface area contributed by atoms with Gasteiger partial charge in [-0.2, -0.15) is 0 Å². The number of thiocarbonyl (C=S) groups is 1. The van der Waals surface area contributed by atoms with Gasteiger partial charge in [-0.1, -0.05) is 0 Å². The fourth-order valence-corrected chi connectivity index (χ4v) is 2.97. The van der Waals surface area contributed by atoms with E-state index in [0.29, 0.717) is 11.8 Å². The Bertz CT molecular complexity index is 442. The van der Waals surface area contributed by atoms with Crippen molar-refractivity contribution in [3.05, 3.63) is 0 Å². The second-order valence-corrected chi connectivity index (χ2v) is 5.86. The standard InChI is InChI=1S/C12H17NO6S/c1-5(14)16-10-9-8(18-12(2,3)19-9)7(17-10)6-4-15-11(20)13-6/h6-10H,4H2,1-3H3,(H,13,20)/t6-,7-,8+,9+,10+/m0/s1. The summed E-state index contributed by atoms with van der Waals surface area (Å²) in [5.74, 6) is -1.16. The number of ether oxygens (including phenoxy) is 5. The predicted molar refractivity (Wildman–Crippen MR) is 69.7 cm³/mol. The Balaban J connectivity index is 1.78. The van der Waals surface area contributed by atoms with Crippen LogP contribution in [0.1, 0.15) is 20.8 Å². The highest BCUT2D eigenvalue weighted by Gasteiger charge is 2.59. The van der Waals surface area contributed by atoms with Crippen LogP contribution in [0, 0.1) is 0 Å². The van der Waals surface area contributed by atoms with Gasteiger partial charge < -0.3 is 29.0 Å². The second kappa shape index (κ2) is 4.80. The zero-order valence-corrected chi connectivity index (χ0v) is 12.3. The van der Waals surface area contributed by atoms with Crippen molar-refractivity contribution in [1.82, 2.24) is 5.32 Å². The number of carbonyl (C=O) groups excluding carboxylic acids is 1. The Labute approximate surface area is 121 Å². The summed E-state index contributed by atoms with van der Waals surface area (Å²) in [4.78, 5) is 11.2. The molecule has 0 bridgehead atoms. The van der Waals surface area contributed by atoms with Gasteiger partial charge in [0.05, 0.1) is 6.04 Å². The summed E-state index contributed by atoms with van der Waals surface area (Å²) in [6.07, 6.45) is -1.92. The molecule has 3 aliphatic rings. The van der Waals surface area contributed by atoms with E-state index in [1.807, 2.05) is 13.8 Å². The van der Waals surface area contributed by atoms with Gasteiger partial charge in [-0.05, 0) is 26.1 Å². The molecule has 3 aliphatic heterocycles. The van der Waals surface area contributed by atoms with Crippen molar-refractivity contribution in [1.29, 1.82) is 0 Å². The van der Waals surface area contributed by atoms with Gasteiger partial charge in [-0.3, -0.25) is 4.79 Å². The van der Waals surface area contributed by atoms with Crippen molar-refractivity contribution in [3.63, 3.8) is 0 Å². The van der Waals surface area contributed by atoms with Crippen molar-refractivity contribution in [2.75, 3.05) is 6.61 Å². The molecule has 0 aromatic carbocycles. The van der Waals surface area contributed by atoms with Crippen LogP contribution >= 0.6 is 12.2 Å². The van der Waals surface area contributed by atoms with Gasteiger partial charge in [0.15, 0.2) is 11.9 Å². The van der Waals surface area contributed by atoms with E-state index in [9.17, 15) is 4.79 Å². The summed E-state index contributed by atoms with van der Waals surface area (Å²) in [6, 6.07) is -0.145. The van der Waals surface area contributed by atoms with Gasteiger partial charge >= 0.3 is 5.97 Å². The molecular weight excluding hydrogens is 286 g/mol. The van der Waals surface area contributed by atoms with E-state index in [0.717, 1.165) is 0 Å². The van der Waals surface area contributed by atoms with Gasteiger partial charge in [-0.15, -0.1) is 0 Å². The highest BCUT2D eigenvalue weighted by atomic mass is 32.1. The van der Waals surface area contributed by atoms with Crippen molar-refractivity contribution in [2.24, 2.45) is 0 Å². The number of fused-ring (bicyclic) bond motifs is 1. The van der Waals surface area contributed by atoms with Gasteiger partial charge in [0.2, 0.25) is 6.29 Å². The molecule has 0 amide bonds. The van der Waals surface area contributed by atoms with Crippen molar-refractivity contribution < 1.29 is 28.5 Å². The lowest BCUT2D eigenvalue weighted by Gasteiger charge is -2.25. The minimum atomic E-state index is -0.778. The average molecular weight is 303 g/mol. The lowest BCUT2D eigenvalue weighted by atomic mass is 10.1. The topological polar surface area (TPSA) is 75.3 Å². The normalized spacial score (nSPS) is 42.0. The van der Waals surface area contributed by atoms with E-state index in [1.165, 1.54) is 6.92 Å². The fraction of sp³-hybridized carbons (Fsp3) is 0.833. The summed E-state index contributed by atoms with van der Waals surface area (Å²) in [7, 11) is 0. The molecule has 7 nitrogen and oxygen atoms in total. The third-order valence-electron chi connectivity index (χ3n) is 3.42. The first kappa shape index (κ1) is 14.0. The monoisotopic (exact) mass is 303 g/mol. The Morgan fingerprint density at radius 1 is 1.35 bits per heavy atom. The van der Waals surface area contributed by atoms with Crippen LogP contribution in [0.15, 0.2) is 0 Å². The Kier molecular flexibility index (Phi) is 3.36. The molecule has 0 aromatic heterocycles. The van der Waals surface area contributed by atoms with Crippen LogP contribution in [0.5, 0.6) is 0 Å². The second-order valence-electron chi connectivity index (χ2n) is 5.49. The highest BCUT2D eigenvalue weighted by molar-refractivity contribution is 7.80. The minimum Gasteiger partial charge on any atom is -0.469 e. The molecule has 3 fully saturated rings. The molecule has 3 heterocycles. The molecular formula is C12H17NO6S. The summed E-state index contributed by atoms with van der Waals surface area (Å²) in [5.41, 5.74) is 0. The molecule has 20 heavy (non-hydrogen) atoms. The van der Waals surface area contributed by atoms with Crippen LogP contribution in [0.25, 0.3) is 0 Å². The number of hydrogen-bond donors (Lipinski definition) is 1. The van der Waals surface area contributed by atoms with E-state index >= 15 is 0 Å². The maximum atomic E-state index is 11.2. The van der Waals surface area contributed by atoms with Gasteiger partial charge in [0.1, 0.15) is 18.8 Å². The molecule has 112 valence electrons. The summed E-state index contributed by atoms with van der Waals surface area (Å²) in [5, 5.41) is 3.36. The summed E-state index contributed by atoms with van der Waals surface area (Å²) in [6.45, 7) is 5.36. The van der Waals surface area contributed by atoms with E-state index in [4.69, 9.17) is 35.9 Å². The third kappa shape index (κ3) is 2.48. The Morgan fingerprint density at radius 3 is 2.65 bits per heavy atom. The first-order valence-electron chi connectivity index (χ1n) is 6.47. The quantitative estimate of drug-likeness (QED) is 0.567. The molecule has 0 aliphatic carbocycles. The predicted octanol–water partition coefficient (Wildman–Crippen LogP) is 0.0678. The van der Waals surface area contributed by atoms with E-state index in [1.54, 1.807) is 0 Å². The SMILES string of the molecule is CC(=O)O[C@@H]1O[C@@H]([C@@H]2COC(=S)N2)[C@H]2OC(C)(C)O[C@@H]12. The maximum Gasteiger partial charge on any atom is 0.305 e. The van der Waals surface area contributed by atoms with Crippen LogP contribution in [0.3, 0.4) is 0 Å². The van der Waals surface area contributed by atoms with Crippen molar-refractivity contribution >= 4 is 23.4 Å². The summed E-state index contributed by atoms with van der Waals surface area (Å²) < 4.78 is 27.8.